The highest BCUT2D eigenvalue weighted by atomic mass is 16.2. The Hall–Kier alpha value is -2.46. The second-order valence-electron chi connectivity index (χ2n) is 9.92. The van der Waals surface area contributed by atoms with Crippen molar-refractivity contribution in [3.8, 4) is 0 Å². The molecule has 0 aromatic heterocycles. The molecule has 4 nitrogen and oxygen atoms in total. The number of Topliss-reactive ketones (excluding diaryl/α,β-unsaturated/α-hetero) is 1. The van der Waals surface area contributed by atoms with Gasteiger partial charge in [-0.1, -0.05) is 80.6 Å². The number of hydrogen-bond donors (Lipinski definition) is 0. The van der Waals surface area contributed by atoms with E-state index in [1.165, 1.54) is 19.3 Å². The van der Waals surface area contributed by atoms with Crippen LogP contribution in [0.3, 0.4) is 0 Å². The zero-order valence-electron chi connectivity index (χ0n) is 20.2. The Labute approximate surface area is 198 Å². The fourth-order valence-electron chi connectivity index (χ4n) is 6.27. The molecule has 0 bridgehead atoms. The number of ketones is 1. The van der Waals surface area contributed by atoms with Crippen molar-refractivity contribution < 1.29 is 9.59 Å². The number of hydrogen-bond acceptors (Lipinski definition) is 3. The van der Waals surface area contributed by atoms with Gasteiger partial charge >= 0.3 is 0 Å². The lowest BCUT2D eigenvalue weighted by molar-refractivity contribution is -0.150. The average molecular weight is 447 g/mol. The van der Waals surface area contributed by atoms with E-state index in [2.05, 4.69) is 17.1 Å². The van der Waals surface area contributed by atoms with Crippen LogP contribution in [0.4, 0.5) is 5.69 Å². The summed E-state index contributed by atoms with van der Waals surface area (Å²) in [7, 11) is 0. The topological polar surface area (TPSA) is 43.3 Å². The van der Waals surface area contributed by atoms with Crippen molar-refractivity contribution in [3.63, 3.8) is 0 Å². The Morgan fingerprint density at radius 3 is 1.91 bits per heavy atom. The van der Waals surface area contributed by atoms with Crippen LogP contribution in [0.5, 0.6) is 0 Å². The van der Waals surface area contributed by atoms with Gasteiger partial charge in [-0.05, 0) is 31.6 Å². The Balaban J connectivity index is 1.94. The predicted molar refractivity (Wildman–Crippen MR) is 133 cm³/mol. The molecule has 4 rings (SSSR count). The van der Waals surface area contributed by atoms with E-state index in [9.17, 15) is 9.59 Å². The zero-order valence-corrected chi connectivity index (χ0v) is 20.2. The van der Waals surface area contributed by atoms with E-state index in [4.69, 9.17) is 0 Å². The van der Waals surface area contributed by atoms with Crippen LogP contribution in [-0.4, -0.2) is 23.2 Å². The first-order valence-electron chi connectivity index (χ1n) is 12.7. The molecule has 0 aliphatic heterocycles. The number of anilines is 1. The summed E-state index contributed by atoms with van der Waals surface area (Å²) in [5.41, 5.74) is 0.995. The second kappa shape index (κ2) is 10.6. The average Bonchev–Trinajstić information content (AvgIpc) is 3.36. The van der Waals surface area contributed by atoms with Crippen LogP contribution >= 0.6 is 0 Å². The molecule has 2 aromatic carbocycles. The van der Waals surface area contributed by atoms with Crippen LogP contribution in [0.2, 0.25) is 0 Å². The molecule has 1 radical (unpaired) electrons. The molecule has 2 saturated carbocycles. The molecule has 33 heavy (non-hydrogen) atoms. The highest BCUT2D eigenvalue weighted by molar-refractivity contribution is 5.90. The Morgan fingerprint density at radius 2 is 1.36 bits per heavy atom. The van der Waals surface area contributed by atoms with E-state index in [0.29, 0.717) is 12.5 Å². The van der Waals surface area contributed by atoms with E-state index in [-0.39, 0.29) is 17.6 Å². The number of carbonyl (C=O) groups excluding carboxylic acids is 2. The first kappa shape index (κ1) is 23.7. The fourth-order valence-corrected chi connectivity index (χ4v) is 6.27. The molecule has 0 N–H and O–H groups in total. The minimum atomic E-state index is -0.909. The Morgan fingerprint density at radius 1 is 0.818 bits per heavy atom. The highest BCUT2D eigenvalue weighted by Crippen LogP contribution is 2.47. The maximum Gasteiger partial charge on any atom is 0.270 e. The first-order valence-corrected chi connectivity index (χ1v) is 12.7. The number of para-hydroxylation sites is 1. The summed E-state index contributed by atoms with van der Waals surface area (Å²) in [5, 5.41) is 4.02. The Bertz CT molecular complexity index is 917. The maximum absolute atomic E-state index is 14.0. The van der Waals surface area contributed by atoms with Gasteiger partial charge in [0.2, 0.25) is 11.5 Å². The number of rotatable bonds is 8. The standard InChI is InChI=1S/C29H38N2O2/c1-23(32)29(26-16-6-3-7-17-26,27-18-8-4-9-19-27)31(28-20-10-5-11-21-28)30(24(2)33)22-25-14-12-13-15-25/h3,5-7,10-11,16-17,20-21,25,27H,4,8-9,12-15,18-19,22H2,1-2H3/q+1. The maximum atomic E-state index is 14.0. The van der Waals surface area contributed by atoms with Crippen molar-refractivity contribution >= 4 is 17.4 Å². The molecule has 175 valence electrons. The monoisotopic (exact) mass is 446 g/mol. The molecule has 2 aromatic rings. The van der Waals surface area contributed by atoms with Gasteiger partial charge in [0, 0.05) is 42.5 Å². The molecule has 4 heteroatoms. The SMILES string of the molecule is CC(=O)N(CC1CCCC1)[N+](c1ccccc1)C(C(C)=O)(c1ccccc1)C1CCCCC1. The smallest absolute Gasteiger partial charge is 0.270 e. The van der Waals surface area contributed by atoms with Crippen LogP contribution in [-0.2, 0) is 15.1 Å². The first-order chi connectivity index (χ1) is 16.0. The van der Waals surface area contributed by atoms with Gasteiger partial charge in [-0.2, -0.15) is 0 Å². The number of amides is 1. The number of benzene rings is 2. The lowest BCUT2D eigenvalue weighted by Gasteiger charge is -2.43. The molecule has 0 heterocycles. The minimum Gasteiger partial charge on any atom is -0.292 e. The van der Waals surface area contributed by atoms with Gasteiger partial charge in [-0.15, -0.1) is 5.01 Å². The quantitative estimate of drug-likeness (QED) is 0.344. The van der Waals surface area contributed by atoms with E-state index >= 15 is 0 Å². The predicted octanol–water partition coefficient (Wildman–Crippen LogP) is 6.48. The summed E-state index contributed by atoms with van der Waals surface area (Å²) in [6.07, 6.45) is 10.2. The molecule has 1 amide bonds. The molecule has 0 saturated heterocycles. The van der Waals surface area contributed by atoms with Gasteiger partial charge in [-0.3, -0.25) is 9.59 Å². The summed E-state index contributed by atoms with van der Waals surface area (Å²) >= 11 is 0. The number of nitrogens with zero attached hydrogens (tertiary/aromatic N) is 2. The van der Waals surface area contributed by atoms with E-state index in [1.807, 2.05) is 53.5 Å². The van der Waals surface area contributed by atoms with Crippen LogP contribution in [0.1, 0.15) is 77.2 Å². The third-order valence-corrected chi connectivity index (χ3v) is 7.79. The van der Waals surface area contributed by atoms with Gasteiger partial charge in [0.1, 0.15) is 0 Å². The minimum absolute atomic E-state index is 0.00289. The van der Waals surface area contributed by atoms with Gasteiger partial charge in [0.25, 0.3) is 11.4 Å². The summed E-state index contributed by atoms with van der Waals surface area (Å²) in [5.74, 6) is 0.744. The summed E-state index contributed by atoms with van der Waals surface area (Å²) in [4.78, 5) is 27.3. The normalized spacial score (nSPS) is 19.4. The number of carbonyl (C=O) groups is 2. The molecule has 1 unspecified atom stereocenters. The van der Waals surface area contributed by atoms with Crippen LogP contribution in [0.25, 0.3) is 0 Å². The van der Waals surface area contributed by atoms with Crippen molar-refractivity contribution in [2.24, 2.45) is 11.8 Å². The summed E-state index contributed by atoms with van der Waals surface area (Å²) in [6, 6.07) is 20.3. The highest BCUT2D eigenvalue weighted by Gasteiger charge is 2.62. The van der Waals surface area contributed by atoms with Crippen LogP contribution < -0.4 is 5.01 Å². The van der Waals surface area contributed by atoms with Gasteiger partial charge in [-0.25, -0.2) is 0 Å². The largest absolute Gasteiger partial charge is 0.292 e. The Kier molecular flexibility index (Phi) is 7.64. The van der Waals surface area contributed by atoms with Crippen molar-refractivity contribution in [3.05, 3.63) is 66.2 Å². The van der Waals surface area contributed by atoms with E-state index in [0.717, 1.165) is 49.8 Å². The number of hydrazine groups is 1. The lowest BCUT2D eigenvalue weighted by atomic mass is 9.68. The molecule has 0 spiro atoms. The van der Waals surface area contributed by atoms with E-state index < -0.39 is 5.54 Å². The summed E-state index contributed by atoms with van der Waals surface area (Å²) in [6.45, 7) is 4.05. The van der Waals surface area contributed by atoms with Crippen LogP contribution in [0.15, 0.2) is 60.7 Å². The van der Waals surface area contributed by atoms with Crippen molar-refractivity contribution in [1.29, 1.82) is 0 Å². The molecule has 2 aliphatic rings. The summed E-state index contributed by atoms with van der Waals surface area (Å²) < 4.78 is 0. The van der Waals surface area contributed by atoms with Gasteiger partial charge in [0.05, 0.1) is 6.54 Å². The van der Waals surface area contributed by atoms with Crippen LogP contribution in [0, 0.1) is 11.8 Å². The van der Waals surface area contributed by atoms with Gasteiger partial charge in [0.15, 0.2) is 0 Å². The molecule has 1 atom stereocenters. The lowest BCUT2D eigenvalue weighted by Crippen LogP contribution is -2.65. The molecular formula is C29H38N2O2+. The van der Waals surface area contributed by atoms with Gasteiger partial charge < -0.3 is 0 Å². The molecule has 2 fully saturated rings. The third kappa shape index (κ3) is 4.77. The van der Waals surface area contributed by atoms with E-state index in [1.54, 1.807) is 13.8 Å². The van der Waals surface area contributed by atoms with Crippen molar-refractivity contribution in [2.75, 3.05) is 6.54 Å². The molecule has 2 aliphatic carbocycles. The fraction of sp³-hybridized carbons (Fsp3) is 0.517. The third-order valence-electron chi connectivity index (χ3n) is 7.79. The zero-order chi connectivity index (χ0) is 23.3. The van der Waals surface area contributed by atoms with Crippen molar-refractivity contribution in [1.82, 2.24) is 10.0 Å². The molecular weight excluding hydrogens is 408 g/mol. The van der Waals surface area contributed by atoms with Crippen molar-refractivity contribution in [2.45, 2.75) is 77.2 Å². The second-order valence-corrected chi connectivity index (χ2v) is 9.92.